The monoisotopic (exact) mass is 327 g/mol. The van der Waals surface area contributed by atoms with E-state index >= 15 is 0 Å². The second kappa shape index (κ2) is 6.58. The van der Waals surface area contributed by atoms with Crippen molar-refractivity contribution < 1.29 is 5.11 Å². The molecule has 4 rings (SSSR count). The van der Waals surface area contributed by atoms with Crippen LogP contribution >= 0.6 is 0 Å². The van der Waals surface area contributed by atoms with E-state index < -0.39 is 6.10 Å². The molecule has 3 aromatic carbocycles. The zero-order valence-electron chi connectivity index (χ0n) is 14.2. The standard InChI is InChI=1S/C23H21NO/c1-16-21(19-14-8-9-15-20(19)24-16)22(17-10-4-2-5-11-17)23(25)18-12-6-3-7-13-18/h2-15,22-25H,1H3/t22-,23+/m0/s1. The fourth-order valence-electron chi connectivity index (χ4n) is 3.71. The van der Waals surface area contributed by atoms with E-state index in [2.05, 4.69) is 42.2 Å². The van der Waals surface area contributed by atoms with Gasteiger partial charge in [0.1, 0.15) is 0 Å². The molecule has 2 nitrogen and oxygen atoms in total. The lowest BCUT2D eigenvalue weighted by atomic mass is 9.82. The predicted octanol–water partition coefficient (Wildman–Crippen LogP) is 5.34. The number of benzene rings is 3. The van der Waals surface area contributed by atoms with Gasteiger partial charge in [-0.25, -0.2) is 0 Å². The highest BCUT2D eigenvalue weighted by Gasteiger charge is 2.28. The Kier molecular flexibility index (Phi) is 4.12. The molecule has 0 aliphatic rings. The maximum absolute atomic E-state index is 11.3. The first-order valence-corrected chi connectivity index (χ1v) is 8.61. The number of aliphatic hydroxyl groups excluding tert-OH is 1. The summed E-state index contributed by atoms with van der Waals surface area (Å²) in [4.78, 5) is 3.47. The van der Waals surface area contributed by atoms with Gasteiger partial charge in [-0.05, 0) is 29.7 Å². The third kappa shape index (κ3) is 2.86. The van der Waals surface area contributed by atoms with Crippen LogP contribution in [0.5, 0.6) is 0 Å². The summed E-state index contributed by atoms with van der Waals surface area (Å²) in [7, 11) is 0. The van der Waals surface area contributed by atoms with Gasteiger partial charge in [-0.2, -0.15) is 0 Å². The van der Waals surface area contributed by atoms with E-state index in [4.69, 9.17) is 0 Å². The lowest BCUT2D eigenvalue weighted by Crippen LogP contribution is -2.13. The molecule has 1 heterocycles. The zero-order chi connectivity index (χ0) is 17.2. The summed E-state index contributed by atoms with van der Waals surface area (Å²) in [5.41, 5.74) is 5.42. The molecule has 0 spiro atoms. The molecule has 0 saturated heterocycles. The number of rotatable bonds is 4. The van der Waals surface area contributed by atoms with Crippen molar-refractivity contribution in [2.45, 2.75) is 18.9 Å². The van der Waals surface area contributed by atoms with Crippen LogP contribution in [-0.4, -0.2) is 10.1 Å². The van der Waals surface area contributed by atoms with Crippen LogP contribution in [0.25, 0.3) is 10.9 Å². The van der Waals surface area contributed by atoms with Crippen LogP contribution in [0.15, 0.2) is 84.9 Å². The first-order valence-electron chi connectivity index (χ1n) is 8.61. The van der Waals surface area contributed by atoms with Gasteiger partial charge in [0.2, 0.25) is 0 Å². The molecule has 0 bridgehead atoms. The minimum Gasteiger partial charge on any atom is -0.387 e. The van der Waals surface area contributed by atoms with Gasteiger partial charge in [0.15, 0.2) is 0 Å². The number of hydrogen-bond donors (Lipinski definition) is 2. The van der Waals surface area contributed by atoms with E-state index in [1.165, 1.54) is 5.39 Å². The third-order valence-electron chi connectivity index (χ3n) is 4.87. The first-order chi connectivity index (χ1) is 12.3. The normalized spacial score (nSPS) is 13.7. The van der Waals surface area contributed by atoms with Crippen molar-refractivity contribution in [1.29, 1.82) is 0 Å². The van der Waals surface area contributed by atoms with E-state index in [1.807, 2.05) is 54.6 Å². The summed E-state index contributed by atoms with van der Waals surface area (Å²) in [5, 5.41) is 12.4. The molecular formula is C23H21NO. The highest BCUT2D eigenvalue weighted by atomic mass is 16.3. The van der Waals surface area contributed by atoms with Crippen LogP contribution in [0.1, 0.15) is 34.4 Å². The molecule has 4 aromatic rings. The number of aliphatic hydroxyl groups is 1. The fraction of sp³-hybridized carbons (Fsp3) is 0.130. The van der Waals surface area contributed by atoms with Gasteiger partial charge >= 0.3 is 0 Å². The van der Waals surface area contributed by atoms with Gasteiger partial charge in [-0.1, -0.05) is 78.9 Å². The Hall–Kier alpha value is -2.84. The largest absolute Gasteiger partial charge is 0.387 e. The Morgan fingerprint density at radius 1 is 0.720 bits per heavy atom. The number of fused-ring (bicyclic) bond motifs is 1. The molecule has 0 amide bonds. The molecule has 2 N–H and O–H groups in total. The summed E-state index contributed by atoms with van der Waals surface area (Å²) in [6, 6.07) is 28.5. The number of hydrogen-bond acceptors (Lipinski definition) is 1. The summed E-state index contributed by atoms with van der Waals surface area (Å²) in [5.74, 6) is -0.125. The van der Waals surface area contributed by atoms with Gasteiger partial charge in [-0.3, -0.25) is 0 Å². The number of para-hydroxylation sites is 1. The quantitative estimate of drug-likeness (QED) is 0.521. The Morgan fingerprint density at radius 3 is 1.96 bits per heavy atom. The topological polar surface area (TPSA) is 36.0 Å². The van der Waals surface area contributed by atoms with E-state index in [1.54, 1.807) is 0 Å². The second-order valence-electron chi connectivity index (χ2n) is 6.45. The highest BCUT2D eigenvalue weighted by Crippen LogP contribution is 2.41. The molecule has 0 aliphatic heterocycles. The number of nitrogens with one attached hydrogen (secondary N) is 1. The van der Waals surface area contributed by atoms with Crippen molar-refractivity contribution in [3.8, 4) is 0 Å². The molecular weight excluding hydrogens is 306 g/mol. The molecule has 2 atom stereocenters. The summed E-state index contributed by atoms with van der Waals surface area (Å²) in [6.45, 7) is 2.09. The van der Waals surface area contributed by atoms with Crippen LogP contribution in [0.4, 0.5) is 0 Å². The molecule has 0 unspecified atom stereocenters. The van der Waals surface area contributed by atoms with Crippen molar-refractivity contribution >= 4 is 10.9 Å². The van der Waals surface area contributed by atoms with Crippen molar-refractivity contribution in [1.82, 2.24) is 4.98 Å². The van der Waals surface area contributed by atoms with Gasteiger partial charge in [0.05, 0.1) is 6.10 Å². The van der Waals surface area contributed by atoms with E-state index in [9.17, 15) is 5.11 Å². The summed E-state index contributed by atoms with van der Waals surface area (Å²) in [6.07, 6.45) is -0.610. The number of aromatic nitrogens is 1. The van der Waals surface area contributed by atoms with Crippen molar-refractivity contribution in [3.63, 3.8) is 0 Å². The Morgan fingerprint density at radius 2 is 1.28 bits per heavy atom. The van der Waals surface area contributed by atoms with E-state index in [0.717, 1.165) is 27.9 Å². The van der Waals surface area contributed by atoms with Crippen molar-refractivity contribution in [2.75, 3.05) is 0 Å². The van der Waals surface area contributed by atoms with Crippen LogP contribution in [0.3, 0.4) is 0 Å². The Balaban J connectivity index is 1.93. The van der Waals surface area contributed by atoms with Crippen LogP contribution < -0.4 is 0 Å². The highest BCUT2D eigenvalue weighted by molar-refractivity contribution is 5.85. The average molecular weight is 327 g/mol. The Labute approximate surface area is 147 Å². The summed E-state index contributed by atoms with van der Waals surface area (Å²) < 4.78 is 0. The van der Waals surface area contributed by atoms with Gasteiger partial charge < -0.3 is 10.1 Å². The Bertz CT molecular complexity index is 973. The molecule has 0 radical (unpaired) electrons. The summed E-state index contributed by atoms with van der Waals surface area (Å²) >= 11 is 0. The lowest BCUT2D eigenvalue weighted by Gasteiger charge is -2.25. The van der Waals surface area contributed by atoms with E-state index in [0.29, 0.717) is 0 Å². The minimum absolute atomic E-state index is 0.125. The maximum atomic E-state index is 11.3. The predicted molar refractivity (Wildman–Crippen MR) is 103 cm³/mol. The van der Waals surface area contributed by atoms with Gasteiger partial charge in [0.25, 0.3) is 0 Å². The van der Waals surface area contributed by atoms with Gasteiger partial charge in [0, 0.05) is 22.5 Å². The molecule has 0 aliphatic carbocycles. The number of H-pyrrole nitrogens is 1. The fourth-order valence-corrected chi connectivity index (χ4v) is 3.71. The number of aromatic amines is 1. The lowest BCUT2D eigenvalue weighted by molar-refractivity contribution is 0.159. The minimum atomic E-state index is -0.610. The molecule has 0 saturated carbocycles. The molecule has 2 heteroatoms. The molecule has 25 heavy (non-hydrogen) atoms. The number of aryl methyl sites for hydroxylation is 1. The van der Waals surface area contributed by atoms with Crippen molar-refractivity contribution in [2.24, 2.45) is 0 Å². The molecule has 124 valence electrons. The smallest absolute Gasteiger partial charge is 0.0900 e. The first kappa shape index (κ1) is 15.7. The van der Waals surface area contributed by atoms with E-state index in [-0.39, 0.29) is 5.92 Å². The molecule has 0 fully saturated rings. The SMILES string of the molecule is Cc1[nH]c2ccccc2c1[C@H](c1ccccc1)[C@H](O)c1ccccc1. The van der Waals surface area contributed by atoms with Crippen LogP contribution in [0.2, 0.25) is 0 Å². The molecule has 1 aromatic heterocycles. The second-order valence-corrected chi connectivity index (χ2v) is 6.45. The third-order valence-corrected chi connectivity index (χ3v) is 4.87. The maximum Gasteiger partial charge on any atom is 0.0900 e. The van der Waals surface area contributed by atoms with Crippen LogP contribution in [0, 0.1) is 6.92 Å². The van der Waals surface area contributed by atoms with Crippen molar-refractivity contribution in [3.05, 3.63) is 107 Å². The average Bonchev–Trinajstić information content (AvgIpc) is 3.00. The van der Waals surface area contributed by atoms with Gasteiger partial charge in [-0.15, -0.1) is 0 Å². The van der Waals surface area contributed by atoms with Crippen LogP contribution in [-0.2, 0) is 0 Å². The zero-order valence-corrected chi connectivity index (χ0v) is 14.2.